The molecule has 24 heavy (non-hydrogen) atoms. The van der Waals surface area contributed by atoms with Crippen LogP contribution in [-0.4, -0.2) is 25.0 Å². The predicted octanol–water partition coefficient (Wildman–Crippen LogP) is 3.36. The SMILES string of the molecule is CCOC(=O)c1cc2ccccc2n1S(=O)(=O)c1ccc(C)cc1. The van der Waals surface area contributed by atoms with Crippen LogP contribution in [0.4, 0.5) is 0 Å². The third-order valence-corrected chi connectivity index (χ3v) is 5.45. The van der Waals surface area contributed by atoms with E-state index in [1.807, 2.05) is 6.92 Å². The van der Waals surface area contributed by atoms with E-state index in [2.05, 4.69) is 0 Å². The molecular formula is C18H17NO4S. The van der Waals surface area contributed by atoms with Crippen LogP contribution in [-0.2, 0) is 14.8 Å². The minimum Gasteiger partial charge on any atom is -0.461 e. The van der Waals surface area contributed by atoms with Gasteiger partial charge in [0.05, 0.1) is 17.0 Å². The molecule has 6 heteroatoms. The third kappa shape index (κ3) is 2.69. The molecule has 1 heterocycles. The number of hydrogen-bond acceptors (Lipinski definition) is 4. The first kappa shape index (κ1) is 16.3. The number of esters is 1. The van der Waals surface area contributed by atoms with Gasteiger partial charge in [0, 0.05) is 5.39 Å². The Kier molecular flexibility index (Phi) is 4.15. The van der Waals surface area contributed by atoms with E-state index in [9.17, 15) is 13.2 Å². The lowest BCUT2D eigenvalue weighted by Gasteiger charge is -2.11. The molecule has 124 valence electrons. The number of hydrogen-bond donors (Lipinski definition) is 0. The Bertz CT molecular complexity index is 1000. The van der Waals surface area contributed by atoms with Crippen LogP contribution in [0.25, 0.3) is 10.9 Å². The molecule has 3 rings (SSSR count). The zero-order valence-corrected chi connectivity index (χ0v) is 14.2. The lowest BCUT2D eigenvalue weighted by molar-refractivity contribution is 0.0518. The summed E-state index contributed by atoms with van der Waals surface area (Å²) in [5, 5.41) is 0.663. The summed E-state index contributed by atoms with van der Waals surface area (Å²) < 4.78 is 32.3. The summed E-state index contributed by atoms with van der Waals surface area (Å²) in [6.45, 7) is 3.73. The van der Waals surface area contributed by atoms with Gasteiger partial charge in [-0.05, 0) is 38.1 Å². The fraction of sp³-hybridized carbons (Fsp3) is 0.167. The largest absolute Gasteiger partial charge is 0.461 e. The molecule has 2 aromatic carbocycles. The Balaban J connectivity index is 2.29. The molecule has 0 unspecified atom stereocenters. The molecule has 0 bridgehead atoms. The van der Waals surface area contributed by atoms with Crippen LogP contribution in [0.3, 0.4) is 0 Å². The first-order valence-electron chi connectivity index (χ1n) is 7.55. The molecule has 0 N–H and O–H groups in total. The summed E-state index contributed by atoms with van der Waals surface area (Å²) in [6.07, 6.45) is 0. The highest BCUT2D eigenvalue weighted by Crippen LogP contribution is 2.26. The van der Waals surface area contributed by atoms with E-state index in [0.29, 0.717) is 10.9 Å². The van der Waals surface area contributed by atoms with Crippen LogP contribution in [0, 0.1) is 6.92 Å². The number of aryl methyl sites for hydroxylation is 1. The molecule has 0 spiro atoms. The number of ether oxygens (including phenoxy) is 1. The average Bonchev–Trinajstić information content (AvgIpc) is 2.96. The molecule has 0 aliphatic heterocycles. The van der Waals surface area contributed by atoms with Crippen molar-refractivity contribution in [1.29, 1.82) is 0 Å². The second-order valence-corrected chi connectivity index (χ2v) is 7.18. The highest BCUT2D eigenvalue weighted by Gasteiger charge is 2.26. The molecule has 0 radical (unpaired) electrons. The Morgan fingerprint density at radius 3 is 2.42 bits per heavy atom. The third-order valence-electron chi connectivity index (χ3n) is 3.71. The summed E-state index contributed by atoms with van der Waals surface area (Å²) >= 11 is 0. The number of para-hydroxylation sites is 1. The second-order valence-electron chi connectivity index (χ2n) is 5.39. The zero-order valence-electron chi connectivity index (χ0n) is 13.4. The molecule has 5 nitrogen and oxygen atoms in total. The normalized spacial score (nSPS) is 11.6. The number of benzene rings is 2. The summed E-state index contributed by atoms with van der Waals surface area (Å²) in [7, 11) is -3.92. The molecular weight excluding hydrogens is 326 g/mol. The van der Waals surface area contributed by atoms with Crippen molar-refractivity contribution in [2.75, 3.05) is 6.61 Å². The van der Waals surface area contributed by atoms with Crippen LogP contribution < -0.4 is 0 Å². The van der Waals surface area contributed by atoms with E-state index in [4.69, 9.17) is 4.74 Å². The first-order chi connectivity index (χ1) is 11.4. The smallest absolute Gasteiger partial charge is 0.356 e. The lowest BCUT2D eigenvalue weighted by atomic mass is 10.2. The summed E-state index contributed by atoms with van der Waals surface area (Å²) in [5.74, 6) is -0.663. The number of aromatic nitrogens is 1. The van der Waals surface area contributed by atoms with Gasteiger partial charge in [-0.2, -0.15) is 0 Å². The van der Waals surface area contributed by atoms with Crippen molar-refractivity contribution < 1.29 is 17.9 Å². The number of carbonyl (C=O) groups excluding carboxylic acids is 1. The van der Waals surface area contributed by atoms with Gasteiger partial charge in [0.1, 0.15) is 5.69 Å². The molecule has 0 saturated heterocycles. The second kappa shape index (κ2) is 6.13. The molecule has 0 saturated carbocycles. The fourth-order valence-corrected chi connectivity index (χ4v) is 4.05. The van der Waals surface area contributed by atoms with Crippen LogP contribution >= 0.6 is 0 Å². The molecule has 1 aromatic heterocycles. The van der Waals surface area contributed by atoms with Crippen molar-refractivity contribution in [3.8, 4) is 0 Å². The van der Waals surface area contributed by atoms with Crippen molar-refractivity contribution >= 4 is 26.9 Å². The minimum absolute atomic E-state index is 0.00127. The van der Waals surface area contributed by atoms with Crippen LogP contribution in [0.5, 0.6) is 0 Å². The number of fused-ring (bicyclic) bond motifs is 1. The standard InChI is InChI=1S/C18H17NO4S/c1-3-23-18(20)17-12-14-6-4-5-7-16(14)19(17)24(21,22)15-10-8-13(2)9-11-15/h4-12H,3H2,1-2H3. The average molecular weight is 343 g/mol. The van der Waals surface area contributed by atoms with Crippen molar-refractivity contribution in [2.24, 2.45) is 0 Å². The molecule has 0 atom stereocenters. The molecule has 0 aliphatic rings. The Hall–Kier alpha value is -2.60. The van der Waals surface area contributed by atoms with E-state index >= 15 is 0 Å². The summed E-state index contributed by atoms with van der Waals surface area (Å²) in [6, 6.07) is 15.0. The van der Waals surface area contributed by atoms with Crippen molar-refractivity contribution in [1.82, 2.24) is 3.97 Å². The maximum Gasteiger partial charge on any atom is 0.356 e. The van der Waals surface area contributed by atoms with E-state index in [-0.39, 0.29) is 17.2 Å². The van der Waals surface area contributed by atoms with Gasteiger partial charge in [-0.1, -0.05) is 35.9 Å². The van der Waals surface area contributed by atoms with Gasteiger partial charge in [0.25, 0.3) is 10.0 Å². The molecule has 0 fully saturated rings. The van der Waals surface area contributed by atoms with Crippen LogP contribution in [0.1, 0.15) is 23.0 Å². The minimum atomic E-state index is -3.92. The number of nitrogens with zero attached hydrogens (tertiary/aromatic N) is 1. The topological polar surface area (TPSA) is 65.4 Å². The van der Waals surface area contributed by atoms with Gasteiger partial charge in [-0.15, -0.1) is 0 Å². The Morgan fingerprint density at radius 1 is 1.08 bits per heavy atom. The van der Waals surface area contributed by atoms with E-state index in [0.717, 1.165) is 9.54 Å². The lowest BCUT2D eigenvalue weighted by Crippen LogP contribution is -2.19. The number of carbonyl (C=O) groups is 1. The van der Waals surface area contributed by atoms with E-state index in [1.165, 1.54) is 12.1 Å². The van der Waals surface area contributed by atoms with Crippen molar-refractivity contribution in [2.45, 2.75) is 18.7 Å². The maximum absolute atomic E-state index is 13.1. The van der Waals surface area contributed by atoms with Crippen molar-refractivity contribution in [3.63, 3.8) is 0 Å². The monoisotopic (exact) mass is 343 g/mol. The van der Waals surface area contributed by atoms with Gasteiger partial charge in [0.15, 0.2) is 0 Å². The zero-order chi connectivity index (χ0) is 17.3. The summed E-state index contributed by atoms with van der Waals surface area (Å²) in [4.78, 5) is 12.4. The Labute approximate surface area is 140 Å². The highest BCUT2D eigenvalue weighted by molar-refractivity contribution is 7.90. The highest BCUT2D eigenvalue weighted by atomic mass is 32.2. The van der Waals surface area contributed by atoms with Gasteiger partial charge < -0.3 is 4.74 Å². The molecule has 0 aliphatic carbocycles. The molecule has 0 amide bonds. The quantitative estimate of drug-likeness (QED) is 0.681. The van der Waals surface area contributed by atoms with Gasteiger partial charge in [0.2, 0.25) is 0 Å². The van der Waals surface area contributed by atoms with Gasteiger partial charge in [-0.25, -0.2) is 17.2 Å². The van der Waals surface area contributed by atoms with Crippen LogP contribution in [0.2, 0.25) is 0 Å². The maximum atomic E-state index is 13.1. The van der Waals surface area contributed by atoms with Gasteiger partial charge >= 0.3 is 5.97 Å². The van der Waals surface area contributed by atoms with E-state index in [1.54, 1.807) is 49.4 Å². The first-order valence-corrected chi connectivity index (χ1v) is 8.99. The predicted molar refractivity (Wildman–Crippen MR) is 91.7 cm³/mol. The van der Waals surface area contributed by atoms with Gasteiger partial charge in [-0.3, -0.25) is 0 Å². The van der Waals surface area contributed by atoms with Crippen molar-refractivity contribution in [3.05, 3.63) is 65.9 Å². The molecule has 3 aromatic rings. The van der Waals surface area contributed by atoms with E-state index < -0.39 is 16.0 Å². The number of rotatable bonds is 4. The van der Waals surface area contributed by atoms with Crippen LogP contribution in [0.15, 0.2) is 59.5 Å². The summed E-state index contributed by atoms with van der Waals surface area (Å²) in [5.41, 5.74) is 1.40. The fourth-order valence-electron chi connectivity index (χ4n) is 2.55. The Morgan fingerprint density at radius 2 is 1.75 bits per heavy atom.